The molecule has 0 aromatic heterocycles. The van der Waals surface area contributed by atoms with Crippen LogP contribution in [0.5, 0.6) is 0 Å². The van der Waals surface area contributed by atoms with Crippen LogP contribution >= 0.6 is 0 Å². The molecule has 0 amide bonds. The minimum absolute atomic E-state index is 0.108. The summed E-state index contributed by atoms with van der Waals surface area (Å²) in [6.07, 6.45) is 2.59. The Morgan fingerprint density at radius 1 is 1.36 bits per heavy atom. The van der Waals surface area contributed by atoms with Crippen LogP contribution in [-0.2, 0) is 0 Å². The van der Waals surface area contributed by atoms with Crippen molar-refractivity contribution >= 4 is 0 Å². The van der Waals surface area contributed by atoms with Crippen molar-refractivity contribution in [3.63, 3.8) is 0 Å². The van der Waals surface area contributed by atoms with E-state index >= 15 is 0 Å². The number of β-amino-alcohol motifs (C(OH)–C–C–N with tert-alkyl or cyclic N) is 1. The normalized spacial score (nSPS) is 37.9. The number of rotatable bonds is 1. The van der Waals surface area contributed by atoms with Crippen LogP contribution < -0.4 is 0 Å². The largest absolute Gasteiger partial charge is 0.391 e. The number of nitrogens with zero attached hydrogens (tertiary/aromatic N) is 1. The second-order valence-electron chi connectivity index (χ2n) is 4.66. The van der Waals surface area contributed by atoms with Crippen LogP contribution in [0, 0.1) is 5.41 Å². The Kier molecular flexibility index (Phi) is 1.52. The SMILES string of the molecule is CC1(C)CN(C2CC2)CC1O. The van der Waals surface area contributed by atoms with Gasteiger partial charge < -0.3 is 5.11 Å². The second-order valence-corrected chi connectivity index (χ2v) is 4.66. The first-order chi connectivity index (χ1) is 5.09. The number of aliphatic hydroxyl groups is 1. The van der Waals surface area contributed by atoms with Crippen LogP contribution in [0.3, 0.4) is 0 Å². The number of hydrogen-bond donors (Lipinski definition) is 1. The molecule has 1 aliphatic heterocycles. The third kappa shape index (κ3) is 1.30. The lowest BCUT2D eigenvalue weighted by Crippen LogP contribution is -2.26. The van der Waals surface area contributed by atoms with Crippen LogP contribution in [0.15, 0.2) is 0 Å². The molecule has 0 spiro atoms. The fourth-order valence-corrected chi connectivity index (χ4v) is 1.88. The standard InChI is InChI=1S/C9H17NO/c1-9(2)6-10(5-8(9)11)7-3-4-7/h7-8,11H,3-6H2,1-2H3. The van der Waals surface area contributed by atoms with Gasteiger partial charge in [0.2, 0.25) is 0 Å². The Labute approximate surface area is 68.2 Å². The predicted molar refractivity (Wildman–Crippen MR) is 44.4 cm³/mol. The lowest BCUT2D eigenvalue weighted by molar-refractivity contribution is 0.0954. The molecule has 64 valence electrons. The average Bonchev–Trinajstić information content (AvgIpc) is 2.63. The van der Waals surface area contributed by atoms with Gasteiger partial charge in [0.15, 0.2) is 0 Å². The third-order valence-corrected chi connectivity index (χ3v) is 2.98. The molecule has 1 atom stereocenters. The highest BCUT2D eigenvalue weighted by molar-refractivity contribution is 4.97. The van der Waals surface area contributed by atoms with E-state index < -0.39 is 0 Å². The molecule has 1 saturated carbocycles. The topological polar surface area (TPSA) is 23.5 Å². The minimum atomic E-state index is -0.108. The van der Waals surface area contributed by atoms with Crippen LogP contribution in [0.2, 0.25) is 0 Å². The summed E-state index contributed by atoms with van der Waals surface area (Å²) in [6, 6.07) is 0.812. The molecule has 1 saturated heterocycles. The van der Waals surface area contributed by atoms with Crippen LogP contribution in [0.1, 0.15) is 26.7 Å². The monoisotopic (exact) mass is 155 g/mol. The van der Waals surface area contributed by atoms with E-state index in [1.54, 1.807) is 0 Å². The highest BCUT2D eigenvalue weighted by atomic mass is 16.3. The fourth-order valence-electron chi connectivity index (χ4n) is 1.88. The molecule has 2 heteroatoms. The molecule has 1 heterocycles. The van der Waals surface area contributed by atoms with Gasteiger partial charge in [-0.15, -0.1) is 0 Å². The molecule has 1 aliphatic carbocycles. The van der Waals surface area contributed by atoms with Gasteiger partial charge in [0.1, 0.15) is 0 Å². The fraction of sp³-hybridized carbons (Fsp3) is 1.00. The molecule has 0 radical (unpaired) electrons. The lowest BCUT2D eigenvalue weighted by Gasteiger charge is -2.20. The van der Waals surface area contributed by atoms with Gasteiger partial charge in [-0.2, -0.15) is 0 Å². The van der Waals surface area contributed by atoms with Gasteiger partial charge in [-0.3, -0.25) is 4.90 Å². The van der Waals surface area contributed by atoms with Crippen molar-refractivity contribution in [3.8, 4) is 0 Å². The Bertz CT molecular complexity index is 163. The first kappa shape index (κ1) is 7.56. The summed E-state index contributed by atoms with van der Waals surface area (Å²) in [5, 5.41) is 9.66. The molecule has 2 rings (SSSR count). The molecular weight excluding hydrogens is 138 g/mol. The maximum atomic E-state index is 9.66. The van der Waals surface area contributed by atoms with Gasteiger partial charge in [-0.25, -0.2) is 0 Å². The molecule has 2 nitrogen and oxygen atoms in total. The zero-order valence-corrected chi connectivity index (χ0v) is 7.38. The summed E-state index contributed by atoms with van der Waals surface area (Å²) < 4.78 is 0. The van der Waals surface area contributed by atoms with Crippen molar-refractivity contribution in [2.45, 2.75) is 38.8 Å². The van der Waals surface area contributed by atoms with E-state index in [9.17, 15) is 5.11 Å². The highest BCUT2D eigenvalue weighted by Gasteiger charge is 2.43. The van der Waals surface area contributed by atoms with Gasteiger partial charge in [-0.1, -0.05) is 13.8 Å². The van der Waals surface area contributed by atoms with Gasteiger partial charge in [0.05, 0.1) is 6.10 Å². The second kappa shape index (κ2) is 2.20. The summed E-state index contributed by atoms with van der Waals surface area (Å²) in [5.41, 5.74) is 0.128. The molecule has 0 aromatic rings. The zero-order valence-electron chi connectivity index (χ0n) is 7.38. The van der Waals surface area contributed by atoms with E-state index in [4.69, 9.17) is 0 Å². The van der Waals surface area contributed by atoms with Gasteiger partial charge in [0.25, 0.3) is 0 Å². The van der Waals surface area contributed by atoms with Gasteiger partial charge in [-0.05, 0) is 12.8 Å². The number of likely N-dealkylation sites (tertiary alicyclic amines) is 1. The molecule has 1 N–H and O–H groups in total. The smallest absolute Gasteiger partial charge is 0.0730 e. The van der Waals surface area contributed by atoms with E-state index in [1.165, 1.54) is 12.8 Å². The Balaban J connectivity index is 1.99. The van der Waals surface area contributed by atoms with Crippen molar-refractivity contribution < 1.29 is 5.11 Å². The third-order valence-electron chi connectivity index (χ3n) is 2.98. The highest BCUT2D eigenvalue weighted by Crippen LogP contribution is 2.37. The Morgan fingerprint density at radius 2 is 2.00 bits per heavy atom. The van der Waals surface area contributed by atoms with Crippen molar-refractivity contribution in [3.05, 3.63) is 0 Å². The zero-order chi connectivity index (χ0) is 8.06. The van der Waals surface area contributed by atoms with Crippen LogP contribution in [-0.4, -0.2) is 35.2 Å². The summed E-state index contributed by atoms with van der Waals surface area (Å²) in [5.74, 6) is 0. The van der Waals surface area contributed by atoms with Crippen molar-refractivity contribution in [2.24, 2.45) is 5.41 Å². The molecule has 0 aromatic carbocycles. The van der Waals surface area contributed by atoms with E-state index in [0.717, 1.165) is 19.1 Å². The van der Waals surface area contributed by atoms with Crippen molar-refractivity contribution in [1.29, 1.82) is 0 Å². The summed E-state index contributed by atoms with van der Waals surface area (Å²) in [7, 11) is 0. The Morgan fingerprint density at radius 3 is 2.36 bits per heavy atom. The number of aliphatic hydroxyl groups excluding tert-OH is 1. The maximum Gasteiger partial charge on any atom is 0.0730 e. The lowest BCUT2D eigenvalue weighted by atomic mass is 9.90. The molecular formula is C9H17NO. The van der Waals surface area contributed by atoms with Crippen molar-refractivity contribution in [2.75, 3.05) is 13.1 Å². The van der Waals surface area contributed by atoms with Gasteiger partial charge >= 0.3 is 0 Å². The van der Waals surface area contributed by atoms with Gasteiger partial charge in [0, 0.05) is 24.5 Å². The molecule has 2 aliphatic rings. The van der Waals surface area contributed by atoms with Crippen LogP contribution in [0.25, 0.3) is 0 Å². The maximum absolute atomic E-state index is 9.66. The quantitative estimate of drug-likeness (QED) is 0.607. The van der Waals surface area contributed by atoms with E-state index in [0.29, 0.717) is 0 Å². The predicted octanol–water partition coefficient (Wildman–Crippen LogP) is 0.852. The van der Waals surface area contributed by atoms with E-state index in [-0.39, 0.29) is 11.5 Å². The molecule has 0 bridgehead atoms. The molecule has 2 fully saturated rings. The average molecular weight is 155 g/mol. The Hall–Kier alpha value is -0.0800. The summed E-state index contributed by atoms with van der Waals surface area (Å²) in [6.45, 7) is 6.29. The molecule has 1 unspecified atom stereocenters. The van der Waals surface area contributed by atoms with E-state index in [1.807, 2.05) is 0 Å². The number of hydrogen-bond acceptors (Lipinski definition) is 2. The van der Waals surface area contributed by atoms with E-state index in [2.05, 4.69) is 18.7 Å². The van der Waals surface area contributed by atoms with Crippen molar-refractivity contribution in [1.82, 2.24) is 4.90 Å². The first-order valence-electron chi connectivity index (χ1n) is 4.52. The van der Waals surface area contributed by atoms with Crippen LogP contribution in [0.4, 0.5) is 0 Å². The molecule has 11 heavy (non-hydrogen) atoms. The summed E-state index contributed by atoms with van der Waals surface area (Å²) >= 11 is 0. The first-order valence-corrected chi connectivity index (χ1v) is 4.52. The summed E-state index contributed by atoms with van der Waals surface area (Å²) in [4.78, 5) is 2.44. The minimum Gasteiger partial charge on any atom is -0.391 e.